The van der Waals surface area contributed by atoms with Crippen LogP contribution in [0.5, 0.6) is 5.75 Å². The Bertz CT molecular complexity index is 1230. The Hall–Kier alpha value is -2.51. The number of amides is 1. The SMILES string of the molecule is COc1cc(Br)cc2cc(C(=O)N/N=C\c3cc4c(cc3Cl)N(C)C(C)(C)CC4C)oc12. The van der Waals surface area contributed by atoms with Crippen molar-refractivity contribution in [3.63, 3.8) is 0 Å². The molecule has 0 bridgehead atoms. The molecule has 8 heteroatoms. The summed E-state index contributed by atoms with van der Waals surface area (Å²) in [5, 5.41) is 5.44. The number of furan rings is 1. The summed E-state index contributed by atoms with van der Waals surface area (Å²) in [6.45, 7) is 6.69. The summed E-state index contributed by atoms with van der Waals surface area (Å²) >= 11 is 9.96. The van der Waals surface area contributed by atoms with E-state index in [1.54, 1.807) is 25.5 Å². The standard InChI is InChI=1S/C24H25BrClN3O3/c1-13-11-24(2,3)29(4)19-10-18(26)15(7-17(13)19)12-27-28-23(30)21-8-14-6-16(25)9-20(31-5)22(14)32-21/h6-10,12-13H,11H2,1-5H3,(H,28,30)/b27-12-. The fraction of sp³-hybridized carbons (Fsp3) is 0.333. The van der Waals surface area contributed by atoms with E-state index in [4.69, 9.17) is 20.8 Å². The maximum absolute atomic E-state index is 12.6. The van der Waals surface area contributed by atoms with Crippen LogP contribution in [0.1, 0.15) is 54.8 Å². The molecular formula is C24H25BrClN3O3. The molecule has 1 aliphatic heterocycles. The van der Waals surface area contributed by atoms with Crippen LogP contribution < -0.4 is 15.1 Å². The first-order valence-corrected chi connectivity index (χ1v) is 11.5. The molecule has 0 radical (unpaired) electrons. The highest BCUT2D eigenvalue weighted by Gasteiger charge is 2.34. The third-order valence-corrected chi connectivity index (χ3v) is 6.90. The van der Waals surface area contributed by atoms with Crippen LogP contribution in [0.4, 0.5) is 5.69 Å². The summed E-state index contributed by atoms with van der Waals surface area (Å²) in [5.41, 5.74) is 6.18. The first-order chi connectivity index (χ1) is 15.1. The second-order valence-electron chi connectivity index (χ2n) is 8.75. The van der Waals surface area contributed by atoms with Crippen molar-refractivity contribution in [1.82, 2.24) is 5.43 Å². The van der Waals surface area contributed by atoms with Crippen molar-refractivity contribution in [2.75, 3.05) is 19.1 Å². The molecule has 1 N–H and O–H groups in total. The molecule has 6 nitrogen and oxygen atoms in total. The molecule has 0 fully saturated rings. The molecule has 4 rings (SSSR count). The maximum atomic E-state index is 12.6. The molecule has 32 heavy (non-hydrogen) atoms. The van der Waals surface area contributed by atoms with E-state index in [-0.39, 0.29) is 11.3 Å². The number of nitrogens with zero attached hydrogens (tertiary/aromatic N) is 2. The molecule has 1 aromatic heterocycles. The molecule has 1 amide bonds. The van der Waals surface area contributed by atoms with Gasteiger partial charge in [-0.05, 0) is 62.1 Å². The number of carbonyl (C=O) groups excluding carboxylic acids is 1. The summed E-state index contributed by atoms with van der Waals surface area (Å²) in [6.07, 6.45) is 2.60. The predicted molar refractivity (Wildman–Crippen MR) is 132 cm³/mol. The lowest BCUT2D eigenvalue weighted by Gasteiger charge is -2.45. The lowest BCUT2D eigenvalue weighted by atomic mass is 9.80. The number of methoxy groups -OCH3 is 1. The molecule has 1 atom stereocenters. The van der Waals surface area contributed by atoms with Crippen LogP contribution in [0.2, 0.25) is 5.02 Å². The number of ether oxygens (including phenoxy) is 1. The van der Waals surface area contributed by atoms with Crippen LogP contribution in [0.15, 0.2) is 44.3 Å². The van der Waals surface area contributed by atoms with E-state index in [0.717, 1.165) is 27.5 Å². The third kappa shape index (κ3) is 4.11. The number of anilines is 1. The summed E-state index contributed by atoms with van der Waals surface area (Å²) < 4.78 is 11.8. The molecular weight excluding hydrogens is 494 g/mol. The smallest absolute Gasteiger partial charge is 0.307 e. The minimum Gasteiger partial charge on any atom is -0.493 e. The van der Waals surface area contributed by atoms with E-state index in [1.165, 1.54) is 5.56 Å². The Balaban J connectivity index is 1.55. The minimum absolute atomic E-state index is 0.0597. The van der Waals surface area contributed by atoms with Crippen LogP contribution in [0.25, 0.3) is 11.0 Å². The van der Waals surface area contributed by atoms with Gasteiger partial charge in [0.2, 0.25) is 0 Å². The molecule has 0 aliphatic carbocycles. The van der Waals surface area contributed by atoms with Crippen LogP contribution in [0.3, 0.4) is 0 Å². The lowest BCUT2D eigenvalue weighted by Crippen LogP contribution is -2.45. The number of benzene rings is 2. The van der Waals surface area contributed by atoms with Crippen LogP contribution >= 0.6 is 27.5 Å². The Labute approximate surface area is 200 Å². The van der Waals surface area contributed by atoms with E-state index in [1.807, 2.05) is 18.2 Å². The first kappa shape index (κ1) is 22.7. The summed E-state index contributed by atoms with van der Waals surface area (Å²) in [4.78, 5) is 14.8. The van der Waals surface area contributed by atoms with Crippen molar-refractivity contribution in [1.29, 1.82) is 0 Å². The van der Waals surface area contributed by atoms with Crippen LogP contribution in [-0.4, -0.2) is 31.8 Å². The van der Waals surface area contributed by atoms with Gasteiger partial charge in [-0.15, -0.1) is 0 Å². The van der Waals surface area contributed by atoms with Gasteiger partial charge in [0.25, 0.3) is 0 Å². The summed E-state index contributed by atoms with van der Waals surface area (Å²) in [5.74, 6) is 0.613. The maximum Gasteiger partial charge on any atom is 0.307 e. The number of halogens is 2. The molecule has 1 unspecified atom stereocenters. The molecule has 0 saturated carbocycles. The van der Waals surface area contributed by atoms with Gasteiger partial charge in [0.15, 0.2) is 17.1 Å². The van der Waals surface area contributed by atoms with E-state index in [0.29, 0.717) is 22.3 Å². The summed E-state index contributed by atoms with van der Waals surface area (Å²) in [6, 6.07) is 9.31. The van der Waals surface area contributed by atoms with Crippen LogP contribution in [0, 0.1) is 0 Å². The normalized spacial score (nSPS) is 17.6. The first-order valence-electron chi connectivity index (χ1n) is 10.3. The van der Waals surface area contributed by atoms with Crippen molar-refractivity contribution in [2.24, 2.45) is 5.10 Å². The average molecular weight is 519 g/mol. The fourth-order valence-electron chi connectivity index (χ4n) is 4.27. The number of hydrogen-bond acceptors (Lipinski definition) is 5. The van der Waals surface area contributed by atoms with Gasteiger partial charge in [0.05, 0.1) is 18.3 Å². The number of hydrazone groups is 1. The molecule has 168 valence electrons. The van der Waals surface area contributed by atoms with Gasteiger partial charge in [-0.2, -0.15) is 5.10 Å². The second-order valence-corrected chi connectivity index (χ2v) is 10.1. The van der Waals surface area contributed by atoms with E-state index in [2.05, 4.69) is 59.2 Å². The quantitative estimate of drug-likeness (QED) is 0.323. The van der Waals surface area contributed by atoms with E-state index >= 15 is 0 Å². The minimum atomic E-state index is -0.459. The molecule has 0 saturated heterocycles. The van der Waals surface area contributed by atoms with Gasteiger partial charge in [0, 0.05) is 33.7 Å². The highest BCUT2D eigenvalue weighted by atomic mass is 79.9. The molecule has 2 aromatic carbocycles. The van der Waals surface area contributed by atoms with Gasteiger partial charge in [0.1, 0.15) is 0 Å². The van der Waals surface area contributed by atoms with Crippen molar-refractivity contribution in [2.45, 2.75) is 38.6 Å². The monoisotopic (exact) mass is 517 g/mol. The second kappa shape index (κ2) is 8.45. The number of rotatable bonds is 4. The Morgan fingerprint density at radius 2 is 2.09 bits per heavy atom. The molecule has 1 aliphatic rings. The van der Waals surface area contributed by atoms with E-state index < -0.39 is 5.91 Å². The van der Waals surface area contributed by atoms with Gasteiger partial charge in [-0.25, -0.2) is 5.43 Å². The topological polar surface area (TPSA) is 67.1 Å². The summed E-state index contributed by atoms with van der Waals surface area (Å²) in [7, 11) is 3.64. The number of carbonyl (C=O) groups is 1. The largest absolute Gasteiger partial charge is 0.493 e. The third-order valence-electron chi connectivity index (χ3n) is 6.11. The number of hydrogen-bond donors (Lipinski definition) is 1. The average Bonchev–Trinajstić information content (AvgIpc) is 3.16. The zero-order chi connectivity index (χ0) is 23.2. The van der Waals surface area contributed by atoms with E-state index in [9.17, 15) is 4.79 Å². The van der Waals surface area contributed by atoms with Gasteiger partial charge in [-0.3, -0.25) is 4.79 Å². The Morgan fingerprint density at radius 3 is 2.81 bits per heavy atom. The van der Waals surface area contributed by atoms with Gasteiger partial charge in [-0.1, -0.05) is 34.5 Å². The number of fused-ring (bicyclic) bond motifs is 2. The lowest BCUT2D eigenvalue weighted by molar-refractivity contribution is 0.0929. The Kier molecular flexibility index (Phi) is 5.98. The van der Waals surface area contributed by atoms with Crippen molar-refractivity contribution < 1.29 is 13.9 Å². The van der Waals surface area contributed by atoms with Gasteiger partial charge < -0.3 is 14.1 Å². The zero-order valence-corrected chi connectivity index (χ0v) is 21.0. The molecule has 0 spiro atoms. The van der Waals surface area contributed by atoms with Gasteiger partial charge >= 0.3 is 5.91 Å². The number of nitrogens with one attached hydrogen (secondary N) is 1. The fourth-order valence-corrected chi connectivity index (χ4v) is 4.93. The predicted octanol–water partition coefficient (Wildman–Crippen LogP) is 6.34. The van der Waals surface area contributed by atoms with Crippen molar-refractivity contribution >= 4 is 56.3 Å². The highest BCUT2D eigenvalue weighted by molar-refractivity contribution is 9.10. The van der Waals surface area contributed by atoms with Crippen molar-refractivity contribution in [3.8, 4) is 5.75 Å². The zero-order valence-electron chi connectivity index (χ0n) is 18.6. The van der Waals surface area contributed by atoms with Crippen molar-refractivity contribution in [3.05, 3.63) is 56.7 Å². The Morgan fingerprint density at radius 1 is 1.34 bits per heavy atom. The van der Waals surface area contributed by atoms with Crippen LogP contribution in [-0.2, 0) is 0 Å². The molecule has 3 aromatic rings. The molecule has 2 heterocycles. The highest BCUT2D eigenvalue weighted by Crippen LogP contribution is 2.44.